The second-order valence-corrected chi connectivity index (χ2v) is 8.10. The number of nitrogen functional groups attached to an aromatic ring is 1. The summed E-state index contributed by atoms with van der Waals surface area (Å²) < 4.78 is 17.2. The number of methoxy groups -OCH3 is 1. The molecule has 14 nitrogen and oxygen atoms in total. The van der Waals surface area contributed by atoms with Crippen molar-refractivity contribution in [3.05, 3.63) is 42.7 Å². The highest BCUT2D eigenvalue weighted by atomic mass is 16.5. The zero-order valence-corrected chi connectivity index (χ0v) is 19.3. The zero-order valence-electron chi connectivity index (χ0n) is 19.3. The molecule has 5 rings (SSSR count). The van der Waals surface area contributed by atoms with Gasteiger partial charge in [0.1, 0.15) is 0 Å². The fourth-order valence-electron chi connectivity index (χ4n) is 3.83. The molecular weight excluding hydrogens is 472 g/mol. The van der Waals surface area contributed by atoms with Gasteiger partial charge in [-0.3, -0.25) is 14.5 Å². The molecule has 1 aliphatic rings. The minimum atomic E-state index is -1.86. The van der Waals surface area contributed by atoms with Crippen LogP contribution < -0.4 is 20.7 Å². The number of ether oxygens (including phenoxy) is 2. The number of hydrogen-bond donors (Lipinski definition) is 3. The van der Waals surface area contributed by atoms with Crippen LogP contribution in [0.4, 0.5) is 17.3 Å². The van der Waals surface area contributed by atoms with Gasteiger partial charge in [0.05, 0.1) is 25.6 Å². The van der Waals surface area contributed by atoms with E-state index in [0.29, 0.717) is 28.3 Å². The van der Waals surface area contributed by atoms with Crippen molar-refractivity contribution >= 4 is 40.1 Å². The van der Waals surface area contributed by atoms with Crippen molar-refractivity contribution in [2.24, 2.45) is 0 Å². The summed E-state index contributed by atoms with van der Waals surface area (Å²) >= 11 is 0. The Labute approximate surface area is 203 Å². The Bertz CT molecular complexity index is 1450. The number of aliphatic hydroxyl groups is 1. The molecule has 2 atom stereocenters. The Morgan fingerprint density at radius 2 is 2.14 bits per heavy atom. The van der Waals surface area contributed by atoms with Gasteiger partial charge in [-0.2, -0.15) is 4.98 Å². The number of rotatable bonds is 6. The molecule has 0 radical (unpaired) electrons. The fourth-order valence-corrected chi connectivity index (χ4v) is 3.83. The first kappa shape index (κ1) is 23.2. The van der Waals surface area contributed by atoms with Crippen molar-refractivity contribution in [1.29, 1.82) is 0 Å². The van der Waals surface area contributed by atoms with Gasteiger partial charge in [0, 0.05) is 36.3 Å². The molecule has 36 heavy (non-hydrogen) atoms. The van der Waals surface area contributed by atoms with E-state index in [4.69, 9.17) is 19.7 Å². The first-order valence-electron chi connectivity index (χ1n) is 10.8. The normalized spacial score (nSPS) is 18.9. The zero-order chi connectivity index (χ0) is 25.4. The molecule has 0 saturated carbocycles. The van der Waals surface area contributed by atoms with E-state index in [1.54, 1.807) is 30.5 Å². The molecule has 3 aromatic heterocycles. The molecule has 1 fully saturated rings. The number of nitrogens with one attached hydrogen (secondary N) is 1. The standard InChI is InChI=1S/C22H22N8O6/c1-22(17(31)19(32)25-12-3-4-13-14(11-12)36-28-18(13)23)20(33)29(9-10-35-22)16-6-8-30(27-16)15-5-7-24-21(26-15)34-2/h3-8,11,17,31H,9-10H2,1-2H3,(H2,23,28)(H,25,32)/t17-,22+/m0/s1. The number of nitrogens with zero attached hydrogens (tertiary/aromatic N) is 6. The Morgan fingerprint density at radius 1 is 1.31 bits per heavy atom. The molecular formula is C22H22N8O6. The molecule has 1 aliphatic heterocycles. The van der Waals surface area contributed by atoms with Gasteiger partial charge in [0.15, 0.2) is 34.7 Å². The number of aromatic nitrogens is 5. The highest BCUT2D eigenvalue weighted by Crippen LogP contribution is 2.29. The average Bonchev–Trinajstić information content (AvgIpc) is 3.52. The Morgan fingerprint density at radius 3 is 2.94 bits per heavy atom. The lowest BCUT2D eigenvalue weighted by Crippen LogP contribution is -2.63. The third kappa shape index (κ3) is 3.97. The van der Waals surface area contributed by atoms with Crippen molar-refractivity contribution in [2.45, 2.75) is 18.6 Å². The van der Waals surface area contributed by atoms with Crippen LogP contribution in [-0.4, -0.2) is 73.8 Å². The van der Waals surface area contributed by atoms with Crippen LogP contribution in [0.5, 0.6) is 6.01 Å². The van der Waals surface area contributed by atoms with Gasteiger partial charge in [-0.1, -0.05) is 5.16 Å². The van der Waals surface area contributed by atoms with E-state index < -0.39 is 23.5 Å². The van der Waals surface area contributed by atoms with Gasteiger partial charge < -0.3 is 30.2 Å². The molecule has 1 saturated heterocycles. The van der Waals surface area contributed by atoms with Gasteiger partial charge in [-0.05, 0) is 19.1 Å². The Kier molecular flexibility index (Phi) is 5.74. The number of amides is 2. The second-order valence-electron chi connectivity index (χ2n) is 8.10. The van der Waals surface area contributed by atoms with Gasteiger partial charge >= 0.3 is 6.01 Å². The third-order valence-electron chi connectivity index (χ3n) is 5.81. The number of fused-ring (bicyclic) bond motifs is 1. The highest BCUT2D eigenvalue weighted by Gasteiger charge is 2.51. The lowest BCUT2D eigenvalue weighted by molar-refractivity contribution is -0.170. The number of hydrogen-bond acceptors (Lipinski definition) is 11. The summed E-state index contributed by atoms with van der Waals surface area (Å²) in [6, 6.07) is 8.12. The SMILES string of the molecule is COc1nccc(-n2ccc(N3CCO[C@](C)([C@@H](O)C(=O)Nc4ccc5c(N)noc5c4)C3=O)n2)n1. The molecule has 4 aromatic rings. The smallest absolute Gasteiger partial charge is 0.318 e. The molecule has 4 N–H and O–H groups in total. The number of nitrogens with two attached hydrogens (primary N) is 1. The van der Waals surface area contributed by atoms with E-state index >= 15 is 0 Å². The lowest BCUT2D eigenvalue weighted by atomic mass is 9.94. The number of morpholine rings is 1. The fraction of sp³-hybridized carbons (Fsp3) is 0.273. The molecule has 0 unspecified atom stereocenters. The Hall–Kier alpha value is -4.56. The molecule has 1 aromatic carbocycles. The summed E-state index contributed by atoms with van der Waals surface area (Å²) in [6.45, 7) is 1.61. The quantitative estimate of drug-likeness (QED) is 0.339. The van der Waals surface area contributed by atoms with Crippen molar-refractivity contribution in [3.63, 3.8) is 0 Å². The van der Waals surface area contributed by atoms with E-state index in [2.05, 4.69) is 25.5 Å². The largest absolute Gasteiger partial charge is 0.467 e. The Balaban J connectivity index is 1.34. The molecule has 186 valence electrons. The maximum Gasteiger partial charge on any atom is 0.318 e. The van der Waals surface area contributed by atoms with Crippen LogP contribution in [0.3, 0.4) is 0 Å². The van der Waals surface area contributed by atoms with Crippen LogP contribution in [0.15, 0.2) is 47.2 Å². The predicted octanol–water partition coefficient (Wildman–Crippen LogP) is 0.516. The van der Waals surface area contributed by atoms with Crippen LogP contribution in [0, 0.1) is 0 Å². The number of benzene rings is 1. The molecule has 0 bridgehead atoms. The summed E-state index contributed by atoms with van der Waals surface area (Å²) in [7, 11) is 1.45. The van der Waals surface area contributed by atoms with Crippen molar-refractivity contribution < 1.29 is 28.7 Å². The number of anilines is 3. The first-order chi connectivity index (χ1) is 17.3. The summed E-state index contributed by atoms with van der Waals surface area (Å²) in [5.74, 6) is -0.508. The van der Waals surface area contributed by atoms with Crippen LogP contribution in [0.1, 0.15) is 6.92 Å². The van der Waals surface area contributed by atoms with Crippen molar-refractivity contribution in [2.75, 3.05) is 36.2 Å². The van der Waals surface area contributed by atoms with E-state index in [-0.39, 0.29) is 25.0 Å². The lowest BCUT2D eigenvalue weighted by Gasteiger charge is -2.40. The summed E-state index contributed by atoms with van der Waals surface area (Å²) in [6.07, 6.45) is 1.31. The average molecular weight is 494 g/mol. The molecule has 0 aliphatic carbocycles. The van der Waals surface area contributed by atoms with Crippen LogP contribution in [-0.2, 0) is 14.3 Å². The summed E-state index contributed by atoms with van der Waals surface area (Å²) in [5, 5.41) is 22.1. The maximum absolute atomic E-state index is 13.4. The number of carbonyl (C=O) groups is 2. The van der Waals surface area contributed by atoms with Gasteiger partial charge in [-0.15, -0.1) is 5.10 Å². The molecule has 2 amide bonds. The van der Waals surface area contributed by atoms with E-state index in [1.165, 1.54) is 35.9 Å². The minimum Gasteiger partial charge on any atom is -0.467 e. The minimum absolute atomic E-state index is 0.0735. The van der Waals surface area contributed by atoms with Crippen molar-refractivity contribution in [1.82, 2.24) is 24.9 Å². The summed E-state index contributed by atoms with van der Waals surface area (Å²) in [4.78, 5) is 35.8. The number of aliphatic hydroxyl groups excluding tert-OH is 1. The summed E-state index contributed by atoms with van der Waals surface area (Å²) in [5.41, 5.74) is 4.53. The third-order valence-corrected chi connectivity index (χ3v) is 5.81. The molecule has 4 heterocycles. The second kappa shape index (κ2) is 8.90. The van der Waals surface area contributed by atoms with Crippen LogP contribution >= 0.6 is 0 Å². The maximum atomic E-state index is 13.4. The van der Waals surface area contributed by atoms with Crippen LogP contribution in [0.25, 0.3) is 16.8 Å². The van der Waals surface area contributed by atoms with Crippen LogP contribution in [0.2, 0.25) is 0 Å². The van der Waals surface area contributed by atoms with Crippen molar-refractivity contribution in [3.8, 4) is 11.8 Å². The van der Waals surface area contributed by atoms with E-state index in [9.17, 15) is 14.7 Å². The number of carbonyl (C=O) groups excluding carboxylic acids is 2. The van der Waals surface area contributed by atoms with Gasteiger partial charge in [-0.25, -0.2) is 9.67 Å². The van der Waals surface area contributed by atoms with E-state index in [1.807, 2.05) is 0 Å². The topological polar surface area (TPSA) is 184 Å². The molecule has 0 spiro atoms. The predicted molar refractivity (Wildman–Crippen MR) is 125 cm³/mol. The first-order valence-corrected chi connectivity index (χ1v) is 10.8. The highest BCUT2D eigenvalue weighted by molar-refractivity contribution is 6.06. The van der Waals surface area contributed by atoms with Gasteiger partial charge in [0.25, 0.3) is 11.8 Å². The van der Waals surface area contributed by atoms with E-state index in [0.717, 1.165) is 0 Å². The monoisotopic (exact) mass is 494 g/mol. The van der Waals surface area contributed by atoms with Gasteiger partial charge in [0.2, 0.25) is 0 Å². The molecule has 14 heteroatoms.